The van der Waals surface area contributed by atoms with Crippen molar-refractivity contribution in [2.24, 2.45) is 0 Å². The second-order valence-electron chi connectivity index (χ2n) is 4.71. The van der Waals surface area contributed by atoms with Gasteiger partial charge in [-0.2, -0.15) is 4.98 Å². The number of hydrogen-bond donors (Lipinski definition) is 1. The van der Waals surface area contributed by atoms with E-state index in [1.807, 2.05) is 13.8 Å². The van der Waals surface area contributed by atoms with Gasteiger partial charge in [0.25, 0.3) is 0 Å². The number of nitrogens with zero attached hydrogens (tertiary/aromatic N) is 2. The van der Waals surface area contributed by atoms with Crippen LogP contribution in [-0.4, -0.2) is 34.1 Å². The van der Waals surface area contributed by atoms with Crippen LogP contribution in [0.3, 0.4) is 0 Å². The van der Waals surface area contributed by atoms with Crippen molar-refractivity contribution in [2.75, 3.05) is 13.2 Å². The van der Waals surface area contributed by atoms with Crippen LogP contribution in [-0.2, 0) is 11.2 Å². The van der Waals surface area contributed by atoms with E-state index in [-0.39, 0.29) is 5.92 Å². The van der Waals surface area contributed by atoms with E-state index in [0.717, 1.165) is 0 Å². The fourth-order valence-electron chi connectivity index (χ4n) is 1.78. The quantitative estimate of drug-likeness (QED) is 0.840. The zero-order chi connectivity index (χ0) is 11.6. The molecule has 1 N–H and O–H groups in total. The fraction of sp³-hybridized carbons (Fsp3) is 0.818. The summed E-state index contributed by atoms with van der Waals surface area (Å²) in [5.41, 5.74) is -0.737. The lowest BCUT2D eigenvalue weighted by Gasteiger charge is -2.30. The summed E-state index contributed by atoms with van der Waals surface area (Å²) in [6.45, 7) is 5.22. The van der Waals surface area contributed by atoms with Gasteiger partial charge in [-0.25, -0.2) is 0 Å². The maximum Gasteiger partial charge on any atom is 0.229 e. The molecule has 0 unspecified atom stereocenters. The Morgan fingerprint density at radius 3 is 2.62 bits per heavy atom. The topological polar surface area (TPSA) is 68.4 Å². The lowest BCUT2D eigenvalue weighted by atomic mass is 9.91. The molecule has 2 heterocycles. The standard InChI is InChI=1S/C11H18N2O3/c1-8(2)10-12-9(16-13-10)7-11(14)3-5-15-6-4-11/h8,14H,3-7H2,1-2H3. The fourth-order valence-corrected chi connectivity index (χ4v) is 1.78. The Morgan fingerprint density at radius 2 is 2.06 bits per heavy atom. The van der Waals surface area contributed by atoms with Gasteiger partial charge in [-0.05, 0) is 0 Å². The zero-order valence-corrected chi connectivity index (χ0v) is 9.77. The summed E-state index contributed by atoms with van der Waals surface area (Å²) in [5, 5.41) is 14.1. The predicted molar refractivity (Wildman–Crippen MR) is 57.1 cm³/mol. The lowest BCUT2D eigenvalue weighted by molar-refractivity contribution is -0.0660. The molecule has 0 aliphatic carbocycles. The molecule has 1 aliphatic rings. The van der Waals surface area contributed by atoms with E-state index in [1.165, 1.54) is 0 Å². The van der Waals surface area contributed by atoms with E-state index in [4.69, 9.17) is 9.26 Å². The van der Waals surface area contributed by atoms with Gasteiger partial charge in [-0.15, -0.1) is 0 Å². The Balaban J connectivity index is 2.02. The summed E-state index contributed by atoms with van der Waals surface area (Å²) in [7, 11) is 0. The van der Waals surface area contributed by atoms with Crippen molar-refractivity contribution < 1.29 is 14.4 Å². The molecule has 0 aromatic carbocycles. The summed E-state index contributed by atoms with van der Waals surface area (Å²) in [5.74, 6) is 1.47. The Labute approximate surface area is 94.8 Å². The van der Waals surface area contributed by atoms with Gasteiger partial charge < -0.3 is 14.4 Å². The molecule has 2 rings (SSSR count). The first-order valence-electron chi connectivity index (χ1n) is 5.72. The number of aromatic nitrogens is 2. The van der Waals surface area contributed by atoms with Crippen LogP contribution in [0, 0.1) is 0 Å². The van der Waals surface area contributed by atoms with Gasteiger partial charge >= 0.3 is 0 Å². The van der Waals surface area contributed by atoms with Crippen molar-refractivity contribution in [1.29, 1.82) is 0 Å². The second-order valence-corrected chi connectivity index (χ2v) is 4.71. The molecule has 1 aromatic rings. The number of aliphatic hydroxyl groups is 1. The van der Waals surface area contributed by atoms with Gasteiger partial charge in [0.2, 0.25) is 5.89 Å². The molecule has 0 saturated carbocycles. The second kappa shape index (κ2) is 4.51. The Bertz CT molecular complexity index is 343. The zero-order valence-electron chi connectivity index (χ0n) is 9.77. The summed E-state index contributed by atoms with van der Waals surface area (Å²) in [4.78, 5) is 4.27. The van der Waals surface area contributed by atoms with Crippen LogP contribution < -0.4 is 0 Å². The molecule has 1 fully saturated rings. The average molecular weight is 226 g/mol. The van der Waals surface area contributed by atoms with Gasteiger partial charge in [0.05, 0.1) is 12.0 Å². The van der Waals surface area contributed by atoms with Crippen LogP contribution in [0.15, 0.2) is 4.52 Å². The summed E-state index contributed by atoms with van der Waals surface area (Å²) in [6.07, 6.45) is 1.69. The summed E-state index contributed by atoms with van der Waals surface area (Å²) >= 11 is 0. The minimum absolute atomic E-state index is 0.252. The van der Waals surface area contributed by atoms with Crippen LogP contribution in [0.5, 0.6) is 0 Å². The molecule has 5 heteroatoms. The monoisotopic (exact) mass is 226 g/mol. The van der Waals surface area contributed by atoms with Crippen molar-refractivity contribution in [3.8, 4) is 0 Å². The van der Waals surface area contributed by atoms with Crippen molar-refractivity contribution in [3.05, 3.63) is 11.7 Å². The molecule has 90 valence electrons. The van der Waals surface area contributed by atoms with E-state index in [9.17, 15) is 5.11 Å². The largest absolute Gasteiger partial charge is 0.389 e. The molecule has 1 saturated heterocycles. The molecule has 16 heavy (non-hydrogen) atoms. The highest BCUT2D eigenvalue weighted by atomic mass is 16.5. The molecule has 1 aliphatic heterocycles. The van der Waals surface area contributed by atoms with E-state index < -0.39 is 5.60 Å². The van der Waals surface area contributed by atoms with Crippen molar-refractivity contribution >= 4 is 0 Å². The van der Waals surface area contributed by atoms with Crippen molar-refractivity contribution in [1.82, 2.24) is 10.1 Å². The minimum atomic E-state index is -0.737. The smallest absolute Gasteiger partial charge is 0.229 e. The molecular formula is C11H18N2O3. The molecule has 5 nitrogen and oxygen atoms in total. The van der Waals surface area contributed by atoms with E-state index in [0.29, 0.717) is 44.2 Å². The molecule has 0 atom stereocenters. The SMILES string of the molecule is CC(C)c1noc(CC2(O)CCOCC2)n1. The molecule has 0 radical (unpaired) electrons. The van der Waals surface area contributed by atoms with E-state index in [2.05, 4.69) is 10.1 Å². The van der Waals surface area contributed by atoms with Gasteiger partial charge in [0, 0.05) is 32.0 Å². The predicted octanol–water partition coefficient (Wildman–Crippen LogP) is 1.28. The average Bonchev–Trinajstić information content (AvgIpc) is 2.66. The highest BCUT2D eigenvalue weighted by Gasteiger charge is 2.32. The summed E-state index contributed by atoms with van der Waals surface area (Å²) < 4.78 is 10.4. The first-order valence-corrected chi connectivity index (χ1v) is 5.72. The van der Waals surface area contributed by atoms with Gasteiger partial charge in [-0.3, -0.25) is 0 Å². The summed E-state index contributed by atoms with van der Waals surface area (Å²) in [6, 6.07) is 0. The highest BCUT2D eigenvalue weighted by molar-refractivity contribution is 4.96. The first kappa shape index (κ1) is 11.5. The molecule has 1 aromatic heterocycles. The third-order valence-corrected chi connectivity index (χ3v) is 2.90. The van der Waals surface area contributed by atoms with Gasteiger partial charge in [-0.1, -0.05) is 19.0 Å². The van der Waals surface area contributed by atoms with Gasteiger partial charge in [0.15, 0.2) is 5.82 Å². The van der Waals surface area contributed by atoms with E-state index >= 15 is 0 Å². The Morgan fingerprint density at radius 1 is 1.38 bits per heavy atom. The number of hydrogen-bond acceptors (Lipinski definition) is 5. The minimum Gasteiger partial charge on any atom is -0.389 e. The normalized spacial score (nSPS) is 20.2. The van der Waals surface area contributed by atoms with Gasteiger partial charge in [0.1, 0.15) is 0 Å². The third kappa shape index (κ3) is 2.59. The number of rotatable bonds is 3. The van der Waals surface area contributed by atoms with Crippen molar-refractivity contribution in [3.63, 3.8) is 0 Å². The van der Waals surface area contributed by atoms with Crippen LogP contribution >= 0.6 is 0 Å². The molecule has 0 bridgehead atoms. The van der Waals surface area contributed by atoms with E-state index in [1.54, 1.807) is 0 Å². The Hall–Kier alpha value is -0.940. The lowest BCUT2D eigenvalue weighted by Crippen LogP contribution is -2.38. The molecular weight excluding hydrogens is 208 g/mol. The number of ether oxygens (including phenoxy) is 1. The van der Waals surface area contributed by atoms with Crippen LogP contribution in [0.4, 0.5) is 0 Å². The Kier molecular flexibility index (Phi) is 3.25. The first-order chi connectivity index (χ1) is 7.59. The van der Waals surface area contributed by atoms with Crippen molar-refractivity contribution in [2.45, 2.75) is 44.6 Å². The maximum atomic E-state index is 10.3. The highest BCUT2D eigenvalue weighted by Crippen LogP contribution is 2.24. The van der Waals surface area contributed by atoms with Crippen LogP contribution in [0.25, 0.3) is 0 Å². The maximum absolute atomic E-state index is 10.3. The van der Waals surface area contributed by atoms with Crippen LogP contribution in [0.1, 0.15) is 44.3 Å². The third-order valence-electron chi connectivity index (χ3n) is 2.90. The molecule has 0 amide bonds. The molecule has 0 spiro atoms. The van der Waals surface area contributed by atoms with Crippen LogP contribution in [0.2, 0.25) is 0 Å².